The Morgan fingerprint density at radius 3 is 2.00 bits per heavy atom. The van der Waals surface area contributed by atoms with Crippen molar-refractivity contribution in [2.75, 3.05) is 0 Å². The highest BCUT2D eigenvalue weighted by Crippen LogP contribution is 2.47. The molecule has 0 N–H and O–H groups in total. The normalized spacial score (nSPS) is 12.3. The molecule has 10 aromatic rings. The lowest BCUT2D eigenvalue weighted by atomic mass is 10.0. The van der Waals surface area contributed by atoms with Gasteiger partial charge in [0.15, 0.2) is 0 Å². The fraction of sp³-hybridized carbons (Fsp3) is 0. The zero-order valence-corrected chi connectivity index (χ0v) is 22.2. The van der Waals surface area contributed by atoms with Crippen molar-refractivity contribution in [2.24, 2.45) is 0 Å². The molecule has 0 aliphatic carbocycles. The summed E-state index contributed by atoms with van der Waals surface area (Å²) in [5, 5.41) is 10.3. The van der Waals surface area contributed by atoms with E-state index >= 15 is 0 Å². The number of fused-ring (bicyclic) bond motifs is 12. The van der Waals surface area contributed by atoms with Crippen molar-refractivity contribution in [3.63, 3.8) is 0 Å². The van der Waals surface area contributed by atoms with Gasteiger partial charge in [0.05, 0.1) is 33.1 Å². The molecule has 5 heteroatoms. The van der Waals surface area contributed by atoms with Gasteiger partial charge >= 0.3 is 5.95 Å². The Morgan fingerprint density at radius 1 is 0.524 bits per heavy atom. The van der Waals surface area contributed by atoms with E-state index in [0.717, 1.165) is 32.7 Å². The first-order chi connectivity index (χ1) is 20.8. The van der Waals surface area contributed by atoms with Crippen LogP contribution in [0.3, 0.4) is 0 Å². The second kappa shape index (κ2) is 7.60. The number of rotatable bonds is 1. The number of benzene rings is 6. The molecule has 42 heavy (non-hydrogen) atoms. The fourth-order valence-corrected chi connectivity index (χ4v) is 7.15. The predicted molar refractivity (Wildman–Crippen MR) is 172 cm³/mol. The minimum absolute atomic E-state index is 0.360. The number of para-hydroxylation sites is 3. The molecule has 4 heterocycles. The molecule has 0 aliphatic heterocycles. The summed E-state index contributed by atoms with van der Waals surface area (Å²) >= 11 is 0. The quantitative estimate of drug-likeness (QED) is 0.197. The standard InChI is InChI=1S/C37H19N5/c1-38-36-24-13-4-7-15-28(24)39-37(40-36)42-31-19-22-11-3-2-10-21(22)18-27(31)33-32(42)20-26-23-12-5-8-16-29(23)41-30-17-9-6-14-25(30)34(33)35(26)41/h2-20H. The largest absolute Gasteiger partial charge is 0.360 e. The molecule has 6 aromatic carbocycles. The van der Waals surface area contributed by atoms with Gasteiger partial charge < -0.3 is 9.25 Å². The van der Waals surface area contributed by atoms with Crippen molar-refractivity contribution in [3.05, 3.63) is 127 Å². The van der Waals surface area contributed by atoms with Gasteiger partial charge in [-0.15, -0.1) is 0 Å². The van der Waals surface area contributed by atoms with Gasteiger partial charge in [-0.1, -0.05) is 90.4 Å². The zero-order valence-electron chi connectivity index (χ0n) is 22.2. The average Bonchev–Trinajstić information content (AvgIpc) is 3.67. The summed E-state index contributed by atoms with van der Waals surface area (Å²) in [5.74, 6) is 0.871. The molecule has 0 saturated heterocycles. The first kappa shape index (κ1) is 21.8. The van der Waals surface area contributed by atoms with Crippen LogP contribution in [-0.4, -0.2) is 18.9 Å². The van der Waals surface area contributed by atoms with Gasteiger partial charge in [-0.05, 0) is 47.2 Å². The average molecular weight is 534 g/mol. The first-order valence-corrected chi connectivity index (χ1v) is 14.0. The van der Waals surface area contributed by atoms with Gasteiger partial charge in [0, 0.05) is 37.7 Å². The van der Waals surface area contributed by atoms with E-state index in [-0.39, 0.29) is 0 Å². The van der Waals surface area contributed by atoms with E-state index in [1.165, 1.54) is 48.9 Å². The summed E-state index contributed by atoms with van der Waals surface area (Å²) in [6, 6.07) is 40.4. The summed E-state index contributed by atoms with van der Waals surface area (Å²) in [6.45, 7) is 7.93. The first-order valence-electron chi connectivity index (χ1n) is 14.0. The Hall–Kier alpha value is -5.99. The Kier molecular flexibility index (Phi) is 3.94. The highest BCUT2D eigenvalue weighted by atomic mass is 15.2. The molecule has 5 nitrogen and oxygen atoms in total. The van der Waals surface area contributed by atoms with Gasteiger partial charge in [-0.2, -0.15) is 4.98 Å². The van der Waals surface area contributed by atoms with Crippen molar-refractivity contribution >= 4 is 87.4 Å². The van der Waals surface area contributed by atoms with E-state index in [1.54, 1.807) is 0 Å². The molecule has 0 unspecified atom stereocenters. The van der Waals surface area contributed by atoms with Gasteiger partial charge in [0.2, 0.25) is 0 Å². The number of hydrogen-bond acceptors (Lipinski definition) is 2. The van der Waals surface area contributed by atoms with E-state index in [1.807, 2.05) is 24.3 Å². The molecule has 0 amide bonds. The highest BCUT2D eigenvalue weighted by Gasteiger charge is 2.26. The van der Waals surface area contributed by atoms with Crippen LogP contribution in [0.2, 0.25) is 0 Å². The van der Waals surface area contributed by atoms with Crippen molar-refractivity contribution in [1.82, 2.24) is 18.9 Å². The molecule has 0 spiro atoms. The second-order valence-electron chi connectivity index (χ2n) is 10.9. The van der Waals surface area contributed by atoms with Gasteiger partial charge in [0.25, 0.3) is 5.82 Å². The van der Waals surface area contributed by atoms with E-state index in [0.29, 0.717) is 11.8 Å². The number of nitrogens with zero attached hydrogens (tertiary/aromatic N) is 5. The minimum atomic E-state index is 0.360. The van der Waals surface area contributed by atoms with Crippen LogP contribution in [0.5, 0.6) is 0 Å². The van der Waals surface area contributed by atoms with Crippen LogP contribution >= 0.6 is 0 Å². The lowest BCUT2D eigenvalue weighted by molar-refractivity contribution is 1.02. The molecule has 10 rings (SSSR count). The lowest BCUT2D eigenvalue weighted by Crippen LogP contribution is -2.01. The van der Waals surface area contributed by atoms with Gasteiger partial charge in [0.1, 0.15) is 0 Å². The van der Waals surface area contributed by atoms with Crippen LogP contribution in [0, 0.1) is 6.57 Å². The van der Waals surface area contributed by atoms with E-state index in [2.05, 4.69) is 105 Å². The summed E-state index contributed by atoms with van der Waals surface area (Å²) in [6.07, 6.45) is 0. The Bertz CT molecular complexity index is 2810. The Labute approximate surface area is 238 Å². The maximum atomic E-state index is 7.93. The second-order valence-corrected chi connectivity index (χ2v) is 10.9. The Morgan fingerprint density at radius 2 is 1.19 bits per heavy atom. The minimum Gasteiger partial charge on any atom is -0.360 e. The van der Waals surface area contributed by atoms with Crippen LogP contribution in [0.1, 0.15) is 0 Å². The maximum Gasteiger partial charge on any atom is 0.332 e. The van der Waals surface area contributed by atoms with Crippen LogP contribution in [0.15, 0.2) is 115 Å². The molecular weight excluding hydrogens is 514 g/mol. The molecule has 0 saturated carbocycles. The third-order valence-electron chi connectivity index (χ3n) is 8.84. The molecule has 0 fully saturated rings. The van der Waals surface area contributed by atoms with E-state index in [9.17, 15) is 0 Å². The van der Waals surface area contributed by atoms with Gasteiger partial charge in [-0.3, -0.25) is 4.57 Å². The monoisotopic (exact) mass is 533 g/mol. The topological polar surface area (TPSA) is 39.5 Å². The van der Waals surface area contributed by atoms with Crippen molar-refractivity contribution in [2.45, 2.75) is 0 Å². The van der Waals surface area contributed by atoms with E-state index in [4.69, 9.17) is 16.5 Å². The molecule has 0 bridgehead atoms. The smallest absolute Gasteiger partial charge is 0.332 e. The molecule has 192 valence electrons. The number of aromatic nitrogens is 4. The summed E-state index contributed by atoms with van der Waals surface area (Å²) in [7, 11) is 0. The molecular formula is C37H19N5. The number of hydrogen-bond donors (Lipinski definition) is 0. The molecule has 0 radical (unpaired) electrons. The molecule has 4 aromatic heterocycles. The third kappa shape index (κ3) is 2.57. The highest BCUT2D eigenvalue weighted by molar-refractivity contribution is 6.36. The predicted octanol–water partition coefficient (Wildman–Crippen LogP) is 9.58. The summed E-state index contributed by atoms with van der Waals surface area (Å²) in [4.78, 5) is 13.7. The third-order valence-corrected chi connectivity index (χ3v) is 8.84. The van der Waals surface area contributed by atoms with Crippen LogP contribution < -0.4 is 0 Å². The van der Waals surface area contributed by atoms with Crippen LogP contribution in [0.25, 0.3) is 92.4 Å². The van der Waals surface area contributed by atoms with Crippen LogP contribution in [-0.2, 0) is 0 Å². The zero-order chi connectivity index (χ0) is 27.5. The van der Waals surface area contributed by atoms with Gasteiger partial charge in [-0.25, -0.2) is 0 Å². The fourth-order valence-electron chi connectivity index (χ4n) is 7.15. The molecule has 0 aliphatic rings. The SMILES string of the molecule is [C-]#[N+]c1nc(-n2c3cc4ccccc4cc3c3c4c5ccccc5n5c6ccccc6c(cc32)c45)nc2ccccc12. The van der Waals surface area contributed by atoms with E-state index < -0.39 is 0 Å². The van der Waals surface area contributed by atoms with Crippen molar-refractivity contribution < 1.29 is 0 Å². The summed E-state index contributed by atoms with van der Waals surface area (Å²) < 4.78 is 4.59. The summed E-state index contributed by atoms with van der Waals surface area (Å²) in [5.41, 5.74) is 6.46. The maximum absolute atomic E-state index is 7.93. The Balaban J connectivity index is 1.52. The lowest BCUT2D eigenvalue weighted by Gasteiger charge is -2.07. The van der Waals surface area contributed by atoms with Crippen molar-refractivity contribution in [1.29, 1.82) is 0 Å². The van der Waals surface area contributed by atoms with Crippen molar-refractivity contribution in [3.8, 4) is 5.95 Å². The molecule has 0 atom stereocenters. The van der Waals surface area contributed by atoms with Crippen LogP contribution in [0.4, 0.5) is 5.82 Å².